The van der Waals surface area contributed by atoms with E-state index in [-0.39, 0.29) is 5.56 Å². The molecule has 0 fully saturated rings. The maximum absolute atomic E-state index is 11.0. The summed E-state index contributed by atoms with van der Waals surface area (Å²) in [6.45, 7) is 0. The van der Waals surface area contributed by atoms with E-state index in [9.17, 15) is 9.90 Å². The maximum atomic E-state index is 11.0. The van der Waals surface area contributed by atoms with E-state index in [1.807, 2.05) is 42.5 Å². The van der Waals surface area contributed by atoms with Crippen molar-refractivity contribution in [3.63, 3.8) is 0 Å². The molecule has 0 amide bonds. The van der Waals surface area contributed by atoms with Gasteiger partial charge in [-0.05, 0) is 33.7 Å². The van der Waals surface area contributed by atoms with E-state index in [1.54, 1.807) is 12.1 Å². The molecule has 2 heteroatoms. The van der Waals surface area contributed by atoms with Gasteiger partial charge in [-0.1, -0.05) is 42.5 Å². The van der Waals surface area contributed by atoms with Gasteiger partial charge in [-0.2, -0.15) is 0 Å². The molecule has 17 heavy (non-hydrogen) atoms. The van der Waals surface area contributed by atoms with Crippen molar-refractivity contribution >= 4 is 27.5 Å². The normalized spacial score (nSPS) is 10.8. The average Bonchev–Trinajstić information content (AvgIpc) is 2.35. The highest BCUT2D eigenvalue weighted by atomic mass is 16.4. The summed E-state index contributed by atoms with van der Waals surface area (Å²) in [5.74, 6) is -1.13. The standard InChI is InChI=1S/C15H10O2/c16-15(17)13-7-3-6-12-8-10-4-1-2-5-11(10)9-14(12)13/h1-9H,(H,16,17)/p-1. The van der Waals surface area contributed by atoms with E-state index in [0.29, 0.717) is 0 Å². The largest absolute Gasteiger partial charge is 0.545 e. The minimum absolute atomic E-state index is 0.244. The number of hydrogen-bond donors (Lipinski definition) is 0. The Hall–Kier alpha value is -2.35. The number of carbonyl (C=O) groups is 1. The number of aromatic carboxylic acids is 1. The van der Waals surface area contributed by atoms with Gasteiger partial charge >= 0.3 is 0 Å². The molecular formula is C15H9O2-. The Labute approximate surface area is 98.1 Å². The first-order valence-corrected chi connectivity index (χ1v) is 5.38. The summed E-state index contributed by atoms with van der Waals surface area (Å²) in [5, 5.41) is 14.8. The fraction of sp³-hybridized carbons (Fsp3) is 0. The van der Waals surface area contributed by atoms with E-state index in [1.165, 1.54) is 0 Å². The van der Waals surface area contributed by atoms with E-state index in [4.69, 9.17) is 0 Å². The van der Waals surface area contributed by atoms with Gasteiger partial charge in [0.2, 0.25) is 0 Å². The van der Waals surface area contributed by atoms with Crippen LogP contribution in [0.5, 0.6) is 0 Å². The van der Waals surface area contributed by atoms with Gasteiger partial charge in [-0.15, -0.1) is 0 Å². The minimum atomic E-state index is -1.13. The van der Waals surface area contributed by atoms with Crippen LogP contribution >= 0.6 is 0 Å². The third kappa shape index (κ3) is 1.54. The Kier molecular flexibility index (Phi) is 2.08. The fourth-order valence-electron chi connectivity index (χ4n) is 2.14. The van der Waals surface area contributed by atoms with Gasteiger partial charge in [0.1, 0.15) is 0 Å². The van der Waals surface area contributed by atoms with E-state index >= 15 is 0 Å². The molecule has 82 valence electrons. The molecule has 3 aromatic carbocycles. The highest BCUT2D eigenvalue weighted by molar-refractivity contribution is 6.07. The Bertz CT molecular complexity index is 729. The zero-order valence-electron chi connectivity index (χ0n) is 9.01. The summed E-state index contributed by atoms with van der Waals surface area (Å²) >= 11 is 0. The van der Waals surface area contributed by atoms with Crippen molar-refractivity contribution in [3.8, 4) is 0 Å². The molecule has 0 aliphatic heterocycles. The summed E-state index contributed by atoms with van der Waals surface area (Å²) in [6.07, 6.45) is 0. The summed E-state index contributed by atoms with van der Waals surface area (Å²) in [7, 11) is 0. The first kappa shape index (κ1) is 9.85. The lowest BCUT2D eigenvalue weighted by molar-refractivity contribution is -0.254. The van der Waals surface area contributed by atoms with Crippen LogP contribution in [0.1, 0.15) is 10.4 Å². The first-order chi connectivity index (χ1) is 8.25. The molecular weight excluding hydrogens is 212 g/mol. The second kappa shape index (κ2) is 3.59. The van der Waals surface area contributed by atoms with Crippen molar-refractivity contribution in [1.29, 1.82) is 0 Å². The first-order valence-electron chi connectivity index (χ1n) is 5.38. The lowest BCUT2D eigenvalue weighted by atomic mass is 10.00. The maximum Gasteiger partial charge on any atom is 0.0721 e. The van der Waals surface area contributed by atoms with Crippen LogP contribution in [-0.4, -0.2) is 5.97 Å². The van der Waals surface area contributed by atoms with Crippen molar-refractivity contribution < 1.29 is 9.90 Å². The highest BCUT2D eigenvalue weighted by Crippen LogP contribution is 2.25. The van der Waals surface area contributed by atoms with Crippen LogP contribution in [0.2, 0.25) is 0 Å². The second-order valence-corrected chi connectivity index (χ2v) is 4.01. The highest BCUT2D eigenvalue weighted by Gasteiger charge is 2.03. The Morgan fingerprint density at radius 2 is 1.47 bits per heavy atom. The third-order valence-corrected chi connectivity index (χ3v) is 2.97. The number of rotatable bonds is 1. The van der Waals surface area contributed by atoms with Gasteiger partial charge in [-0.25, -0.2) is 0 Å². The molecule has 0 unspecified atom stereocenters. The monoisotopic (exact) mass is 221 g/mol. The van der Waals surface area contributed by atoms with Gasteiger partial charge in [0, 0.05) is 5.56 Å². The molecule has 0 saturated carbocycles. The summed E-state index contributed by atoms with van der Waals surface area (Å²) < 4.78 is 0. The molecule has 0 aromatic heterocycles. The minimum Gasteiger partial charge on any atom is -0.545 e. The molecule has 0 N–H and O–H groups in total. The van der Waals surface area contributed by atoms with Crippen molar-refractivity contribution in [3.05, 3.63) is 60.2 Å². The average molecular weight is 221 g/mol. The van der Waals surface area contributed by atoms with Crippen molar-refractivity contribution in [2.75, 3.05) is 0 Å². The Morgan fingerprint density at radius 1 is 0.824 bits per heavy atom. The number of carbonyl (C=O) groups excluding carboxylic acids is 1. The molecule has 0 radical (unpaired) electrons. The third-order valence-electron chi connectivity index (χ3n) is 2.97. The zero-order valence-corrected chi connectivity index (χ0v) is 9.01. The predicted molar refractivity (Wildman–Crippen MR) is 65.8 cm³/mol. The Morgan fingerprint density at radius 3 is 2.18 bits per heavy atom. The van der Waals surface area contributed by atoms with Gasteiger partial charge in [0.25, 0.3) is 0 Å². The van der Waals surface area contributed by atoms with Crippen LogP contribution in [0.3, 0.4) is 0 Å². The predicted octanol–water partition coefficient (Wildman–Crippen LogP) is 2.36. The van der Waals surface area contributed by atoms with Gasteiger partial charge < -0.3 is 9.90 Å². The summed E-state index contributed by atoms with van der Waals surface area (Å²) in [5.41, 5.74) is 0.244. The van der Waals surface area contributed by atoms with Crippen LogP contribution < -0.4 is 5.11 Å². The number of carboxylic acid groups (broad SMARTS) is 1. The van der Waals surface area contributed by atoms with Gasteiger partial charge in [-0.3, -0.25) is 0 Å². The molecule has 0 saturated heterocycles. The molecule has 0 bridgehead atoms. The number of hydrogen-bond acceptors (Lipinski definition) is 2. The van der Waals surface area contributed by atoms with Crippen LogP contribution in [0.4, 0.5) is 0 Å². The lowest BCUT2D eigenvalue weighted by Gasteiger charge is -2.08. The SMILES string of the molecule is O=C([O-])c1cccc2cc3ccccc3cc12. The molecule has 0 aliphatic rings. The second-order valence-electron chi connectivity index (χ2n) is 4.01. The zero-order chi connectivity index (χ0) is 11.8. The number of benzene rings is 3. The number of fused-ring (bicyclic) bond motifs is 2. The molecule has 2 nitrogen and oxygen atoms in total. The van der Waals surface area contributed by atoms with Crippen LogP contribution in [0.15, 0.2) is 54.6 Å². The van der Waals surface area contributed by atoms with E-state index in [2.05, 4.69) is 0 Å². The van der Waals surface area contributed by atoms with E-state index < -0.39 is 5.97 Å². The molecule has 3 rings (SSSR count). The molecule has 0 aliphatic carbocycles. The molecule has 0 heterocycles. The topological polar surface area (TPSA) is 40.1 Å². The van der Waals surface area contributed by atoms with Crippen molar-refractivity contribution in [2.24, 2.45) is 0 Å². The van der Waals surface area contributed by atoms with Gasteiger partial charge in [0.05, 0.1) is 5.97 Å². The molecule has 0 spiro atoms. The van der Waals surface area contributed by atoms with Crippen LogP contribution in [0.25, 0.3) is 21.5 Å². The Balaban J connectivity index is 2.47. The van der Waals surface area contributed by atoms with Crippen LogP contribution in [-0.2, 0) is 0 Å². The molecule has 3 aromatic rings. The van der Waals surface area contributed by atoms with Crippen molar-refractivity contribution in [1.82, 2.24) is 0 Å². The smallest absolute Gasteiger partial charge is 0.0721 e. The van der Waals surface area contributed by atoms with Crippen LogP contribution in [0, 0.1) is 0 Å². The fourth-order valence-corrected chi connectivity index (χ4v) is 2.14. The quantitative estimate of drug-likeness (QED) is 0.592. The molecule has 0 atom stereocenters. The van der Waals surface area contributed by atoms with Crippen molar-refractivity contribution in [2.45, 2.75) is 0 Å². The summed E-state index contributed by atoms with van der Waals surface area (Å²) in [6, 6.07) is 17.0. The lowest BCUT2D eigenvalue weighted by Crippen LogP contribution is -2.22. The van der Waals surface area contributed by atoms with E-state index in [0.717, 1.165) is 21.5 Å². The van der Waals surface area contributed by atoms with Gasteiger partial charge in [0.15, 0.2) is 0 Å². The summed E-state index contributed by atoms with van der Waals surface area (Å²) in [4.78, 5) is 11.0. The number of carboxylic acids is 1.